The van der Waals surface area contributed by atoms with Crippen LogP contribution in [0.1, 0.15) is 26.3 Å². The second-order valence-corrected chi connectivity index (χ2v) is 6.58. The molecule has 7 heteroatoms. The SMILES string of the molecule is O=C(O)c1cccc(CN2CCN(C(=O)c3c(F)cccc3Cl)CC2)c1. The molecule has 1 fully saturated rings. The summed E-state index contributed by atoms with van der Waals surface area (Å²) < 4.78 is 13.9. The van der Waals surface area contributed by atoms with Crippen LogP contribution in [0.25, 0.3) is 0 Å². The second-order valence-electron chi connectivity index (χ2n) is 6.17. The Balaban J connectivity index is 1.62. The maximum absolute atomic E-state index is 13.9. The van der Waals surface area contributed by atoms with Gasteiger partial charge in [0, 0.05) is 32.7 Å². The van der Waals surface area contributed by atoms with E-state index in [1.807, 2.05) is 6.07 Å². The third-order valence-electron chi connectivity index (χ3n) is 4.42. The van der Waals surface area contributed by atoms with Crippen LogP contribution in [0, 0.1) is 5.82 Å². The number of carboxylic acid groups (broad SMARTS) is 1. The standard InChI is InChI=1S/C19H18ClFN2O3/c20-15-5-2-6-16(21)17(15)18(24)23-9-7-22(8-10-23)12-13-3-1-4-14(11-13)19(25)26/h1-6,11H,7-10,12H2,(H,25,26). The minimum atomic E-state index is -0.955. The van der Waals surface area contributed by atoms with E-state index in [0.717, 1.165) is 5.56 Å². The molecule has 0 aromatic heterocycles. The number of hydrogen-bond acceptors (Lipinski definition) is 3. The average molecular weight is 377 g/mol. The van der Waals surface area contributed by atoms with Gasteiger partial charge in [-0.2, -0.15) is 0 Å². The first-order valence-electron chi connectivity index (χ1n) is 8.23. The van der Waals surface area contributed by atoms with E-state index in [0.29, 0.717) is 32.7 Å². The lowest BCUT2D eigenvalue weighted by molar-refractivity contribution is 0.0621. The Hall–Kier alpha value is -2.44. The largest absolute Gasteiger partial charge is 0.478 e. The number of aromatic carboxylic acids is 1. The third-order valence-corrected chi connectivity index (χ3v) is 4.73. The van der Waals surface area contributed by atoms with Crippen molar-refractivity contribution in [2.75, 3.05) is 26.2 Å². The Bertz CT molecular complexity index is 815. The van der Waals surface area contributed by atoms with Gasteiger partial charge in [-0.1, -0.05) is 29.8 Å². The van der Waals surface area contributed by atoms with Crippen LogP contribution >= 0.6 is 11.6 Å². The van der Waals surface area contributed by atoms with E-state index in [4.69, 9.17) is 16.7 Å². The normalized spacial score (nSPS) is 15.1. The summed E-state index contributed by atoms with van der Waals surface area (Å²) >= 11 is 5.97. The summed E-state index contributed by atoms with van der Waals surface area (Å²) in [6, 6.07) is 11.0. The molecule has 1 amide bonds. The van der Waals surface area contributed by atoms with E-state index in [1.165, 1.54) is 18.2 Å². The van der Waals surface area contributed by atoms with Gasteiger partial charge in [-0.3, -0.25) is 9.69 Å². The number of rotatable bonds is 4. The van der Waals surface area contributed by atoms with Gasteiger partial charge in [0.05, 0.1) is 16.1 Å². The fourth-order valence-electron chi connectivity index (χ4n) is 3.03. The molecular weight excluding hydrogens is 359 g/mol. The summed E-state index contributed by atoms with van der Waals surface area (Å²) in [7, 11) is 0. The highest BCUT2D eigenvalue weighted by Gasteiger charge is 2.25. The van der Waals surface area contributed by atoms with Crippen molar-refractivity contribution in [2.45, 2.75) is 6.54 Å². The molecule has 0 radical (unpaired) electrons. The first-order chi connectivity index (χ1) is 12.5. The average Bonchev–Trinajstić information content (AvgIpc) is 2.62. The molecule has 1 N–H and O–H groups in total. The Morgan fingerprint density at radius 3 is 2.42 bits per heavy atom. The molecule has 5 nitrogen and oxygen atoms in total. The molecule has 136 valence electrons. The van der Waals surface area contributed by atoms with Crippen molar-refractivity contribution in [3.8, 4) is 0 Å². The van der Waals surface area contributed by atoms with Crippen molar-refractivity contribution in [3.63, 3.8) is 0 Å². The van der Waals surface area contributed by atoms with Crippen LogP contribution in [0.3, 0.4) is 0 Å². The highest BCUT2D eigenvalue weighted by molar-refractivity contribution is 6.33. The number of carbonyl (C=O) groups is 2. The van der Waals surface area contributed by atoms with Gasteiger partial charge in [0.15, 0.2) is 0 Å². The minimum Gasteiger partial charge on any atom is -0.478 e. The Morgan fingerprint density at radius 2 is 1.77 bits per heavy atom. The van der Waals surface area contributed by atoms with Crippen molar-refractivity contribution < 1.29 is 19.1 Å². The molecule has 2 aromatic rings. The number of carboxylic acids is 1. The van der Waals surface area contributed by atoms with Gasteiger partial charge in [0.1, 0.15) is 5.82 Å². The molecule has 3 rings (SSSR count). The van der Waals surface area contributed by atoms with Crippen molar-refractivity contribution >= 4 is 23.5 Å². The first kappa shape index (κ1) is 18.4. The van der Waals surface area contributed by atoms with Crippen molar-refractivity contribution in [2.24, 2.45) is 0 Å². The second kappa shape index (κ2) is 7.85. The van der Waals surface area contributed by atoms with Crippen LogP contribution in [0.2, 0.25) is 5.02 Å². The van der Waals surface area contributed by atoms with Gasteiger partial charge in [-0.05, 0) is 29.8 Å². The zero-order valence-electron chi connectivity index (χ0n) is 14.0. The van der Waals surface area contributed by atoms with Gasteiger partial charge in [0.2, 0.25) is 0 Å². The van der Waals surface area contributed by atoms with E-state index in [1.54, 1.807) is 23.1 Å². The Kier molecular flexibility index (Phi) is 5.54. The summed E-state index contributed by atoms with van der Waals surface area (Å²) in [5.74, 6) is -1.97. The highest BCUT2D eigenvalue weighted by atomic mass is 35.5. The number of piperazine rings is 1. The lowest BCUT2D eigenvalue weighted by atomic mass is 10.1. The number of benzene rings is 2. The van der Waals surface area contributed by atoms with Crippen LogP contribution in [0.4, 0.5) is 4.39 Å². The predicted octanol–water partition coefficient (Wildman–Crippen LogP) is 3.14. The fourth-order valence-corrected chi connectivity index (χ4v) is 3.27. The van der Waals surface area contributed by atoms with Crippen LogP contribution in [0.5, 0.6) is 0 Å². The molecule has 1 heterocycles. The van der Waals surface area contributed by atoms with E-state index in [2.05, 4.69) is 4.90 Å². The fraction of sp³-hybridized carbons (Fsp3) is 0.263. The molecule has 0 spiro atoms. The van der Waals surface area contributed by atoms with Crippen LogP contribution < -0.4 is 0 Å². The van der Waals surface area contributed by atoms with E-state index >= 15 is 0 Å². The van der Waals surface area contributed by atoms with Gasteiger partial charge in [0.25, 0.3) is 5.91 Å². The summed E-state index contributed by atoms with van der Waals surface area (Å²) in [6.45, 7) is 2.76. The van der Waals surface area contributed by atoms with Crippen LogP contribution in [-0.2, 0) is 6.54 Å². The van der Waals surface area contributed by atoms with E-state index in [-0.39, 0.29) is 16.1 Å². The summed E-state index contributed by atoms with van der Waals surface area (Å²) in [6.07, 6.45) is 0. The highest BCUT2D eigenvalue weighted by Crippen LogP contribution is 2.22. The zero-order valence-corrected chi connectivity index (χ0v) is 14.7. The Labute approximate surface area is 155 Å². The van der Waals surface area contributed by atoms with E-state index in [9.17, 15) is 14.0 Å². The van der Waals surface area contributed by atoms with Crippen molar-refractivity contribution in [3.05, 3.63) is 70.0 Å². The lowest BCUT2D eigenvalue weighted by Crippen LogP contribution is -2.48. The lowest BCUT2D eigenvalue weighted by Gasteiger charge is -2.35. The van der Waals surface area contributed by atoms with Gasteiger partial charge in [-0.25, -0.2) is 9.18 Å². The molecule has 0 atom stereocenters. The topological polar surface area (TPSA) is 60.9 Å². The number of halogens is 2. The van der Waals surface area contributed by atoms with Gasteiger partial charge in [-0.15, -0.1) is 0 Å². The van der Waals surface area contributed by atoms with Gasteiger partial charge < -0.3 is 10.0 Å². The predicted molar refractivity (Wildman–Crippen MR) is 96.0 cm³/mol. The van der Waals surface area contributed by atoms with Crippen molar-refractivity contribution in [1.29, 1.82) is 0 Å². The molecule has 0 bridgehead atoms. The molecule has 1 aliphatic rings. The molecule has 26 heavy (non-hydrogen) atoms. The number of carbonyl (C=O) groups excluding carboxylic acids is 1. The third kappa shape index (κ3) is 4.03. The number of hydrogen-bond donors (Lipinski definition) is 1. The molecule has 0 saturated carbocycles. The molecule has 1 aliphatic heterocycles. The maximum Gasteiger partial charge on any atom is 0.335 e. The summed E-state index contributed by atoms with van der Waals surface area (Å²) in [4.78, 5) is 27.3. The minimum absolute atomic E-state index is 0.0863. The smallest absolute Gasteiger partial charge is 0.335 e. The quantitative estimate of drug-likeness (QED) is 0.890. The van der Waals surface area contributed by atoms with E-state index < -0.39 is 17.7 Å². The monoisotopic (exact) mass is 376 g/mol. The summed E-state index contributed by atoms with van der Waals surface area (Å²) in [5, 5.41) is 9.18. The molecule has 1 saturated heterocycles. The van der Waals surface area contributed by atoms with Gasteiger partial charge >= 0.3 is 5.97 Å². The molecule has 0 aliphatic carbocycles. The number of nitrogens with zero attached hydrogens (tertiary/aromatic N) is 2. The first-order valence-corrected chi connectivity index (χ1v) is 8.61. The Morgan fingerprint density at radius 1 is 1.08 bits per heavy atom. The van der Waals surface area contributed by atoms with Crippen molar-refractivity contribution in [1.82, 2.24) is 9.80 Å². The molecule has 0 unspecified atom stereocenters. The zero-order chi connectivity index (χ0) is 18.7. The number of amides is 1. The maximum atomic E-state index is 13.9. The summed E-state index contributed by atoms with van der Waals surface area (Å²) in [5.41, 5.74) is 1.07. The van der Waals surface area contributed by atoms with Crippen LogP contribution in [0.15, 0.2) is 42.5 Å². The molecular formula is C19H18ClFN2O3. The van der Waals surface area contributed by atoms with Crippen LogP contribution in [-0.4, -0.2) is 53.0 Å². The molecule has 2 aromatic carbocycles.